The van der Waals surface area contributed by atoms with Gasteiger partial charge < -0.3 is 9.47 Å². The largest absolute Gasteiger partial charge is 0.461 e. The predicted molar refractivity (Wildman–Crippen MR) is 95.2 cm³/mol. The van der Waals surface area contributed by atoms with Crippen molar-refractivity contribution in [3.63, 3.8) is 0 Å². The van der Waals surface area contributed by atoms with Gasteiger partial charge in [-0.2, -0.15) is 4.91 Å². The first-order valence-corrected chi connectivity index (χ1v) is 8.91. The van der Waals surface area contributed by atoms with Crippen LogP contribution in [0, 0.1) is 10.7 Å². The zero-order chi connectivity index (χ0) is 18.2. The van der Waals surface area contributed by atoms with E-state index >= 15 is 0 Å². The lowest BCUT2D eigenvalue weighted by Crippen LogP contribution is -2.20. The third-order valence-corrected chi connectivity index (χ3v) is 4.47. The van der Waals surface area contributed by atoms with E-state index in [0.29, 0.717) is 30.4 Å². The second-order valence-electron chi connectivity index (χ2n) is 6.30. The fraction of sp³-hybridized carbons (Fsp3) is 0.474. The molecule has 0 unspecified atom stereocenters. The van der Waals surface area contributed by atoms with Crippen molar-refractivity contribution in [2.24, 2.45) is 5.18 Å². The standard InChI is InChI=1S/C19H22FN3O3/c20-18-14(13-23-24)5-4-8-17(18)15-11-21-19(22-12-15)26-10-9-25-16-6-2-1-3-7-16/h4-5,8,11-12,16H,1-3,6-7,9-10,13H2. The Labute approximate surface area is 151 Å². The Balaban J connectivity index is 1.53. The minimum absolute atomic E-state index is 0.206. The molecular formula is C19H22FN3O3. The Morgan fingerprint density at radius 2 is 1.88 bits per heavy atom. The molecule has 6 nitrogen and oxygen atoms in total. The van der Waals surface area contributed by atoms with Crippen LogP contribution in [0.25, 0.3) is 11.1 Å². The van der Waals surface area contributed by atoms with Crippen molar-refractivity contribution in [1.82, 2.24) is 9.97 Å². The molecule has 1 aliphatic carbocycles. The third kappa shape index (κ3) is 4.82. The number of rotatable bonds is 8. The molecule has 7 heteroatoms. The van der Waals surface area contributed by atoms with Crippen molar-refractivity contribution in [2.45, 2.75) is 44.8 Å². The first kappa shape index (κ1) is 18.4. The molecular weight excluding hydrogens is 337 g/mol. The molecule has 1 saturated carbocycles. The average Bonchev–Trinajstić information content (AvgIpc) is 2.69. The fourth-order valence-corrected chi connectivity index (χ4v) is 3.10. The molecule has 0 spiro atoms. The van der Waals surface area contributed by atoms with Crippen molar-refractivity contribution >= 4 is 0 Å². The minimum Gasteiger partial charge on any atom is -0.461 e. The van der Waals surface area contributed by atoms with E-state index in [1.165, 1.54) is 37.7 Å². The highest BCUT2D eigenvalue weighted by atomic mass is 19.1. The van der Waals surface area contributed by atoms with E-state index in [-0.39, 0.29) is 18.1 Å². The zero-order valence-corrected chi connectivity index (χ0v) is 14.6. The molecule has 1 aliphatic rings. The molecule has 0 atom stereocenters. The molecule has 0 saturated heterocycles. The van der Waals surface area contributed by atoms with Crippen molar-refractivity contribution in [3.05, 3.63) is 46.9 Å². The Hall–Kier alpha value is -2.41. The van der Waals surface area contributed by atoms with Gasteiger partial charge in [-0.15, -0.1) is 0 Å². The summed E-state index contributed by atoms with van der Waals surface area (Å²) in [5.41, 5.74) is 1.09. The number of ether oxygens (including phenoxy) is 2. The van der Waals surface area contributed by atoms with Crippen molar-refractivity contribution in [3.8, 4) is 17.1 Å². The minimum atomic E-state index is -0.481. The van der Waals surface area contributed by atoms with Crippen LogP contribution in [0.3, 0.4) is 0 Å². The van der Waals surface area contributed by atoms with Crippen LogP contribution >= 0.6 is 0 Å². The summed E-state index contributed by atoms with van der Waals surface area (Å²) in [5, 5.41) is 2.74. The first-order chi connectivity index (χ1) is 12.8. The number of nitrogens with zero attached hydrogens (tertiary/aromatic N) is 3. The summed E-state index contributed by atoms with van der Waals surface area (Å²) in [5.74, 6) is -0.481. The van der Waals surface area contributed by atoms with Crippen LogP contribution < -0.4 is 4.74 Å². The Bertz CT molecular complexity index is 718. The van der Waals surface area contributed by atoms with Crippen LogP contribution in [-0.2, 0) is 11.3 Å². The quantitative estimate of drug-likeness (QED) is 0.519. The summed E-state index contributed by atoms with van der Waals surface area (Å²) < 4.78 is 25.6. The highest BCUT2D eigenvalue weighted by Crippen LogP contribution is 2.25. The molecule has 0 radical (unpaired) electrons. The molecule has 2 aromatic rings. The van der Waals surface area contributed by atoms with Crippen molar-refractivity contribution in [2.75, 3.05) is 13.2 Å². The van der Waals surface area contributed by atoms with Gasteiger partial charge in [-0.1, -0.05) is 42.6 Å². The van der Waals surface area contributed by atoms with Gasteiger partial charge in [-0.25, -0.2) is 14.4 Å². The topological polar surface area (TPSA) is 73.7 Å². The average molecular weight is 359 g/mol. The Kier molecular flexibility index (Phi) is 6.60. The number of hydrogen-bond acceptors (Lipinski definition) is 6. The molecule has 138 valence electrons. The van der Waals surface area contributed by atoms with E-state index in [9.17, 15) is 9.30 Å². The maximum Gasteiger partial charge on any atom is 0.316 e. The number of hydrogen-bond donors (Lipinski definition) is 0. The molecule has 26 heavy (non-hydrogen) atoms. The van der Waals surface area contributed by atoms with Gasteiger partial charge in [0.25, 0.3) is 0 Å². The second kappa shape index (κ2) is 9.33. The highest BCUT2D eigenvalue weighted by molar-refractivity contribution is 5.63. The van der Waals surface area contributed by atoms with Gasteiger partial charge in [0.2, 0.25) is 0 Å². The zero-order valence-electron chi connectivity index (χ0n) is 14.6. The smallest absolute Gasteiger partial charge is 0.316 e. The summed E-state index contributed by atoms with van der Waals surface area (Å²) >= 11 is 0. The van der Waals surface area contributed by atoms with Crippen LogP contribution in [0.1, 0.15) is 37.7 Å². The normalized spacial score (nSPS) is 15.0. The molecule has 0 amide bonds. The van der Waals surface area contributed by atoms with Crippen LogP contribution in [0.5, 0.6) is 6.01 Å². The van der Waals surface area contributed by atoms with Crippen LogP contribution in [0.4, 0.5) is 4.39 Å². The molecule has 0 N–H and O–H groups in total. The van der Waals surface area contributed by atoms with E-state index in [1.807, 2.05) is 0 Å². The van der Waals surface area contributed by atoms with Crippen molar-refractivity contribution in [1.29, 1.82) is 0 Å². The fourth-order valence-electron chi connectivity index (χ4n) is 3.10. The van der Waals surface area contributed by atoms with Gasteiger partial charge in [-0.3, -0.25) is 0 Å². The predicted octanol–water partition coefficient (Wildman–Crippen LogP) is 4.28. The van der Waals surface area contributed by atoms with E-state index < -0.39 is 5.82 Å². The highest BCUT2D eigenvalue weighted by Gasteiger charge is 2.14. The van der Waals surface area contributed by atoms with Gasteiger partial charge in [-0.05, 0) is 12.8 Å². The lowest BCUT2D eigenvalue weighted by molar-refractivity contribution is 0.0116. The molecule has 1 fully saturated rings. The summed E-state index contributed by atoms with van der Waals surface area (Å²) in [6.07, 6.45) is 9.35. The second-order valence-corrected chi connectivity index (χ2v) is 6.30. The van der Waals surface area contributed by atoms with Gasteiger partial charge in [0.15, 0.2) is 0 Å². The number of nitroso groups, excluding NO2 is 1. The summed E-state index contributed by atoms with van der Waals surface area (Å²) in [6, 6.07) is 5.05. The van der Waals surface area contributed by atoms with Crippen LogP contribution in [0.15, 0.2) is 35.8 Å². The van der Waals surface area contributed by atoms with E-state index in [0.717, 1.165) is 12.8 Å². The van der Waals surface area contributed by atoms with Gasteiger partial charge in [0.1, 0.15) is 19.0 Å². The number of halogens is 1. The van der Waals surface area contributed by atoms with Gasteiger partial charge >= 0.3 is 6.01 Å². The first-order valence-electron chi connectivity index (χ1n) is 8.91. The molecule has 3 rings (SSSR count). The maximum atomic E-state index is 14.4. The maximum absolute atomic E-state index is 14.4. The van der Waals surface area contributed by atoms with Gasteiger partial charge in [0.05, 0.1) is 12.7 Å². The lowest BCUT2D eigenvalue weighted by atomic mass is 9.98. The molecule has 1 heterocycles. The van der Waals surface area contributed by atoms with Crippen LogP contribution in [0.2, 0.25) is 0 Å². The number of aromatic nitrogens is 2. The van der Waals surface area contributed by atoms with E-state index in [4.69, 9.17) is 9.47 Å². The molecule has 0 bridgehead atoms. The molecule has 1 aromatic carbocycles. The van der Waals surface area contributed by atoms with Crippen molar-refractivity contribution < 1.29 is 13.9 Å². The Morgan fingerprint density at radius 1 is 1.12 bits per heavy atom. The number of benzene rings is 1. The lowest BCUT2D eigenvalue weighted by Gasteiger charge is -2.21. The Morgan fingerprint density at radius 3 is 2.62 bits per heavy atom. The van der Waals surface area contributed by atoms with E-state index in [2.05, 4.69) is 15.1 Å². The van der Waals surface area contributed by atoms with Gasteiger partial charge in [0, 0.05) is 29.1 Å². The molecule has 1 aromatic heterocycles. The molecule has 0 aliphatic heterocycles. The SMILES string of the molecule is O=NCc1cccc(-c2cnc(OCCOC3CCCCC3)nc2)c1F. The monoisotopic (exact) mass is 359 g/mol. The third-order valence-electron chi connectivity index (χ3n) is 4.47. The van der Waals surface area contributed by atoms with E-state index in [1.54, 1.807) is 12.1 Å². The van der Waals surface area contributed by atoms with Crippen LogP contribution in [-0.4, -0.2) is 29.3 Å². The summed E-state index contributed by atoms with van der Waals surface area (Å²) in [7, 11) is 0. The summed E-state index contributed by atoms with van der Waals surface area (Å²) in [4.78, 5) is 18.6. The summed E-state index contributed by atoms with van der Waals surface area (Å²) in [6.45, 7) is 0.679.